The molecular formula is C17H24NO4-. The van der Waals surface area contributed by atoms with E-state index in [0.717, 1.165) is 5.56 Å². The van der Waals surface area contributed by atoms with Crippen LogP contribution >= 0.6 is 0 Å². The topological polar surface area (TPSA) is 78.5 Å². The highest BCUT2D eigenvalue weighted by Gasteiger charge is 2.29. The number of rotatable bonds is 7. The first-order chi connectivity index (χ1) is 10.2. The van der Waals surface area contributed by atoms with Gasteiger partial charge in [0, 0.05) is 17.9 Å². The van der Waals surface area contributed by atoms with E-state index >= 15 is 0 Å². The van der Waals surface area contributed by atoms with Gasteiger partial charge in [-0.15, -0.1) is 0 Å². The molecule has 0 bridgehead atoms. The van der Waals surface area contributed by atoms with Crippen molar-refractivity contribution < 1.29 is 19.4 Å². The Morgan fingerprint density at radius 3 is 2.32 bits per heavy atom. The summed E-state index contributed by atoms with van der Waals surface area (Å²) in [5.41, 5.74) is -0.0105. The summed E-state index contributed by atoms with van der Waals surface area (Å²) < 4.78 is 5.33. The van der Waals surface area contributed by atoms with Gasteiger partial charge in [-0.1, -0.05) is 44.2 Å². The molecule has 5 heteroatoms. The van der Waals surface area contributed by atoms with Crippen LogP contribution in [0.1, 0.15) is 52.2 Å². The van der Waals surface area contributed by atoms with Crippen LogP contribution in [0, 0.1) is 5.92 Å². The van der Waals surface area contributed by atoms with Crippen LogP contribution < -0.4 is 10.4 Å². The van der Waals surface area contributed by atoms with E-state index in [-0.39, 0.29) is 12.3 Å². The number of benzene rings is 1. The molecule has 2 unspecified atom stereocenters. The van der Waals surface area contributed by atoms with Gasteiger partial charge in [0.1, 0.15) is 6.10 Å². The number of aliphatic carboxylic acids is 1. The third-order valence-corrected chi connectivity index (χ3v) is 3.35. The highest BCUT2D eigenvalue weighted by molar-refractivity contribution is 5.71. The zero-order valence-electron chi connectivity index (χ0n) is 13.6. The van der Waals surface area contributed by atoms with Gasteiger partial charge in [-0.3, -0.25) is 0 Å². The van der Waals surface area contributed by atoms with E-state index < -0.39 is 23.7 Å². The van der Waals surface area contributed by atoms with Gasteiger partial charge in [-0.05, 0) is 31.7 Å². The molecule has 0 radical (unpaired) electrons. The number of ether oxygens (including phenoxy) is 1. The van der Waals surface area contributed by atoms with E-state index in [4.69, 9.17) is 4.74 Å². The van der Waals surface area contributed by atoms with Crippen LogP contribution in [0.4, 0.5) is 4.79 Å². The van der Waals surface area contributed by atoms with Crippen molar-refractivity contribution in [1.82, 2.24) is 5.32 Å². The second-order valence-corrected chi connectivity index (χ2v) is 6.29. The van der Waals surface area contributed by atoms with Crippen molar-refractivity contribution in [1.29, 1.82) is 0 Å². The SMILES string of the molecule is CC(C)CC(C)(CC(=O)[O-])NC(=O)OC(C)c1ccccc1. The lowest BCUT2D eigenvalue weighted by atomic mass is 9.88. The Hall–Kier alpha value is -2.04. The number of carboxylic acids is 1. The van der Waals surface area contributed by atoms with Crippen LogP contribution in [0.2, 0.25) is 0 Å². The van der Waals surface area contributed by atoms with Gasteiger partial charge in [-0.2, -0.15) is 0 Å². The summed E-state index contributed by atoms with van der Waals surface area (Å²) in [5.74, 6) is -0.962. The molecule has 1 N–H and O–H groups in total. The van der Waals surface area contributed by atoms with Gasteiger partial charge in [0.15, 0.2) is 0 Å². The summed E-state index contributed by atoms with van der Waals surface area (Å²) in [6.45, 7) is 7.39. The Labute approximate surface area is 131 Å². The highest BCUT2D eigenvalue weighted by Crippen LogP contribution is 2.22. The molecule has 0 aliphatic heterocycles. The molecule has 1 rings (SSSR count). The lowest BCUT2D eigenvalue weighted by molar-refractivity contribution is -0.307. The molecule has 0 saturated carbocycles. The van der Waals surface area contributed by atoms with Gasteiger partial charge in [0.05, 0.1) is 0 Å². The molecular weight excluding hydrogens is 282 g/mol. The highest BCUT2D eigenvalue weighted by atomic mass is 16.6. The summed E-state index contributed by atoms with van der Waals surface area (Å²) in [6.07, 6.45) is -0.760. The van der Waals surface area contributed by atoms with Crippen LogP contribution in [0.25, 0.3) is 0 Å². The van der Waals surface area contributed by atoms with Crippen LogP contribution in [-0.2, 0) is 9.53 Å². The zero-order valence-corrected chi connectivity index (χ0v) is 13.6. The lowest BCUT2D eigenvalue weighted by Crippen LogP contribution is -2.50. The summed E-state index contributed by atoms with van der Waals surface area (Å²) in [6, 6.07) is 9.35. The summed E-state index contributed by atoms with van der Waals surface area (Å²) in [4.78, 5) is 23.0. The molecule has 1 aromatic carbocycles. The molecule has 0 spiro atoms. The van der Waals surface area contributed by atoms with Crippen LogP contribution in [0.15, 0.2) is 30.3 Å². The number of alkyl carbamates (subject to hydrolysis) is 1. The van der Waals surface area contributed by atoms with E-state index in [1.165, 1.54) is 0 Å². The second-order valence-electron chi connectivity index (χ2n) is 6.29. The molecule has 122 valence electrons. The molecule has 0 fully saturated rings. The van der Waals surface area contributed by atoms with Crippen molar-refractivity contribution in [3.05, 3.63) is 35.9 Å². The van der Waals surface area contributed by atoms with Crippen molar-refractivity contribution in [3.63, 3.8) is 0 Å². The number of carbonyl (C=O) groups is 2. The Kier molecular flexibility index (Phi) is 6.40. The van der Waals surface area contributed by atoms with Crippen molar-refractivity contribution in [2.45, 2.75) is 52.2 Å². The number of carboxylic acid groups (broad SMARTS) is 1. The van der Waals surface area contributed by atoms with E-state index in [0.29, 0.717) is 6.42 Å². The minimum absolute atomic E-state index is 0.233. The first-order valence-corrected chi connectivity index (χ1v) is 7.45. The number of carbonyl (C=O) groups excluding carboxylic acids is 2. The summed E-state index contributed by atoms with van der Waals surface area (Å²) in [5, 5.41) is 13.6. The third kappa shape index (κ3) is 6.16. The molecule has 0 saturated heterocycles. The number of hydrogen-bond donors (Lipinski definition) is 1. The van der Waals surface area contributed by atoms with Crippen molar-refractivity contribution in [2.75, 3.05) is 0 Å². The van der Waals surface area contributed by atoms with E-state index in [2.05, 4.69) is 5.32 Å². The average Bonchev–Trinajstić information content (AvgIpc) is 2.36. The molecule has 2 atom stereocenters. The summed E-state index contributed by atoms with van der Waals surface area (Å²) >= 11 is 0. The van der Waals surface area contributed by atoms with Gasteiger partial charge in [0.25, 0.3) is 0 Å². The first kappa shape index (κ1) is 18.0. The minimum Gasteiger partial charge on any atom is -0.550 e. The molecule has 22 heavy (non-hydrogen) atoms. The van der Waals surface area contributed by atoms with Gasteiger partial charge in [0.2, 0.25) is 0 Å². The van der Waals surface area contributed by atoms with Crippen molar-refractivity contribution in [3.8, 4) is 0 Å². The van der Waals surface area contributed by atoms with Crippen molar-refractivity contribution >= 4 is 12.1 Å². The molecule has 1 amide bonds. The van der Waals surface area contributed by atoms with Gasteiger partial charge in [-0.25, -0.2) is 4.79 Å². The van der Waals surface area contributed by atoms with Crippen LogP contribution in [-0.4, -0.2) is 17.6 Å². The predicted octanol–water partition coefficient (Wildman–Crippen LogP) is 2.42. The zero-order chi connectivity index (χ0) is 16.8. The maximum Gasteiger partial charge on any atom is 0.408 e. The predicted molar refractivity (Wildman–Crippen MR) is 82.0 cm³/mol. The quantitative estimate of drug-likeness (QED) is 0.839. The fourth-order valence-electron chi connectivity index (χ4n) is 2.62. The monoisotopic (exact) mass is 306 g/mol. The molecule has 1 aromatic rings. The standard InChI is InChI=1S/C17H25NO4/c1-12(2)10-17(4,11-15(19)20)18-16(21)22-13(3)14-8-6-5-7-9-14/h5-9,12-13H,10-11H2,1-4H3,(H,18,21)(H,19,20)/p-1. The normalized spacial score (nSPS) is 15.0. The average molecular weight is 306 g/mol. The molecule has 5 nitrogen and oxygen atoms in total. The maximum absolute atomic E-state index is 12.1. The smallest absolute Gasteiger partial charge is 0.408 e. The molecule has 0 aliphatic carbocycles. The van der Waals surface area contributed by atoms with Gasteiger partial charge >= 0.3 is 6.09 Å². The molecule has 0 aromatic heterocycles. The van der Waals surface area contributed by atoms with Gasteiger partial charge < -0.3 is 20.0 Å². The Morgan fingerprint density at radius 1 is 1.23 bits per heavy atom. The largest absolute Gasteiger partial charge is 0.550 e. The third-order valence-electron chi connectivity index (χ3n) is 3.35. The number of hydrogen-bond acceptors (Lipinski definition) is 4. The molecule has 0 heterocycles. The lowest BCUT2D eigenvalue weighted by Gasteiger charge is -2.33. The van der Waals surface area contributed by atoms with Crippen LogP contribution in [0.5, 0.6) is 0 Å². The maximum atomic E-state index is 12.1. The second kappa shape index (κ2) is 7.82. The first-order valence-electron chi connectivity index (χ1n) is 7.45. The Morgan fingerprint density at radius 2 is 1.82 bits per heavy atom. The van der Waals surface area contributed by atoms with Crippen molar-refractivity contribution in [2.24, 2.45) is 5.92 Å². The Bertz CT molecular complexity index is 501. The van der Waals surface area contributed by atoms with E-state index in [9.17, 15) is 14.7 Å². The minimum atomic E-state index is -1.19. The van der Waals surface area contributed by atoms with Crippen LogP contribution in [0.3, 0.4) is 0 Å². The summed E-state index contributed by atoms with van der Waals surface area (Å²) in [7, 11) is 0. The number of nitrogens with one attached hydrogen (secondary N) is 1. The van der Waals surface area contributed by atoms with E-state index in [1.54, 1.807) is 13.8 Å². The molecule has 0 aliphatic rings. The fraction of sp³-hybridized carbons (Fsp3) is 0.529. The Balaban J connectivity index is 2.68. The fourth-order valence-corrected chi connectivity index (χ4v) is 2.62. The number of amides is 1. The van der Waals surface area contributed by atoms with E-state index in [1.807, 2.05) is 44.2 Å².